The number of hydrogen-bond donors (Lipinski definition) is 1. The van der Waals surface area contributed by atoms with Gasteiger partial charge in [0.05, 0.1) is 29.0 Å². The number of hydrogen-bond acceptors (Lipinski definition) is 5. The second-order valence-electron chi connectivity index (χ2n) is 9.01. The molecule has 1 aliphatic carbocycles. The van der Waals surface area contributed by atoms with Gasteiger partial charge in [-0.3, -0.25) is 4.79 Å². The van der Waals surface area contributed by atoms with Crippen molar-refractivity contribution >= 4 is 16.9 Å². The van der Waals surface area contributed by atoms with E-state index in [2.05, 4.69) is 6.58 Å². The standard InChI is InChI=1S/C25H21FN2O4/c1-11(2)25(31)17-7-20-22-15(9-28(20)23(29)16(17)10-32-24(25)30)14-6-4-5-13-12(3)18(26)8-19(27-22)21(13)14/h7-8,31H,1,4-6,9-10H2,2-3H3/t25-/m0/s1. The monoisotopic (exact) mass is 432 g/mol. The maximum absolute atomic E-state index is 14.6. The van der Waals surface area contributed by atoms with Crippen molar-refractivity contribution in [3.05, 3.63) is 73.8 Å². The summed E-state index contributed by atoms with van der Waals surface area (Å²) in [6, 6.07) is 3.11. The summed E-state index contributed by atoms with van der Waals surface area (Å²) in [6.07, 6.45) is 2.54. The van der Waals surface area contributed by atoms with Gasteiger partial charge in [0.25, 0.3) is 5.56 Å². The minimum Gasteiger partial charge on any atom is -0.458 e. The number of halogens is 1. The minimum absolute atomic E-state index is 0.176. The van der Waals surface area contributed by atoms with Crippen LogP contribution in [0.4, 0.5) is 4.39 Å². The topological polar surface area (TPSA) is 81.4 Å². The molecule has 0 bridgehead atoms. The number of aryl methyl sites for hydroxylation is 2. The third-order valence-corrected chi connectivity index (χ3v) is 7.28. The lowest BCUT2D eigenvalue weighted by Crippen LogP contribution is -2.45. The lowest BCUT2D eigenvalue weighted by molar-refractivity contribution is -0.167. The molecule has 3 aliphatic rings. The van der Waals surface area contributed by atoms with Crippen LogP contribution in [0.2, 0.25) is 0 Å². The Morgan fingerprint density at radius 2 is 1.97 bits per heavy atom. The fourth-order valence-corrected chi connectivity index (χ4v) is 5.52. The van der Waals surface area contributed by atoms with E-state index in [9.17, 15) is 19.1 Å². The number of rotatable bonds is 1. The van der Waals surface area contributed by atoms with E-state index < -0.39 is 11.6 Å². The quantitative estimate of drug-likeness (QED) is 0.369. The molecular formula is C25H21FN2O4. The summed E-state index contributed by atoms with van der Waals surface area (Å²) >= 11 is 0. The van der Waals surface area contributed by atoms with Crippen LogP contribution in [0.3, 0.4) is 0 Å². The number of esters is 1. The molecule has 1 atom stereocenters. The van der Waals surface area contributed by atoms with E-state index in [0.29, 0.717) is 29.0 Å². The highest BCUT2D eigenvalue weighted by Gasteiger charge is 2.47. The molecule has 32 heavy (non-hydrogen) atoms. The average molecular weight is 432 g/mol. The van der Waals surface area contributed by atoms with Gasteiger partial charge in [-0.15, -0.1) is 0 Å². The van der Waals surface area contributed by atoms with Crippen molar-refractivity contribution in [3.8, 4) is 11.4 Å². The molecule has 7 heteroatoms. The summed E-state index contributed by atoms with van der Waals surface area (Å²) in [6.45, 7) is 7.23. The Labute approximate surface area is 183 Å². The summed E-state index contributed by atoms with van der Waals surface area (Å²) in [7, 11) is 0. The van der Waals surface area contributed by atoms with Crippen LogP contribution in [-0.2, 0) is 41.1 Å². The molecule has 6 rings (SSSR count). The van der Waals surface area contributed by atoms with E-state index in [1.807, 2.05) is 0 Å². The summed E-state index contributed by atoms with van der Waals surface area (Å²) in [4.78, 5) is 30.7. The number of nitrogens with zero attached hydrogens (tertiary/aromatic N) is 2. The smallest absolute Gasteiger partial charge is 0.347 e. The average Bonchev–Trinajstić information content (AvgIpc) is 3.14. The van der Waals surface area contributed by atoms with Gasteiger partial charge in [-0.2, -0.15) is 0 Å². The zero-order valence-electron chi connectivity index (χ0n) is 17.8. The van der Waals surface area contributed by atoms with E-state index in [1.54, 1.807) is 17.6 Å². The molecule has 0 saturated heterocycles. The molecule has 2 aliphatic heterocycles. The molecule has 2 aromatic heterocycles. The SMILES string of the molecule is C=C(C)[C@@]1(O)C(=O)OCc2c1cc1n(c2=O)Cc2c-1nc1cc(F)c(C)c3c1c2CCC3. The molecule has 0 radical (unpaired) electrons. The summed E-state index contributed by atoms with van der Waals surface area (Å²) < 4.78 is 21.4. The number of carbonyl (C=O) groups excluding carboxylic acids is 1. The van der Waals surface area contributed by atoms with Gasteiger partial charge in [0.1, 0.15) is 12.4 Å². The third kappa shape index (κ3) is 2.19. The lowest BCUT2D eigenvalue weighted by atomic mass is 9.83. The van der Waals surface area contributed by atoms with Crippen molar-refractivity contribution in [3.63, 3.8) is 0 Å². The highest BCUT2D eigenvalue weighted by atomic mass is 19.1. The fraction of sp³-hybridized carbons (Fsp3) is 0.320. The number of fused-ring (bicyclic) bond motifs is 5. The first-order valence-corrected chi connectivity index (χ1v) is 10.7. The first-order chi connectivity index (χ1) is 15.2. The van der Waals surface area contributed by atoms with Crippen LogP contribution in [0, 0.1) is 12.7 Å². The normalized spacial score (nSPS) is 20.6. The van der Waals surface area contributed by atoms with Gasteiger partial charge in [-0.05, 0) is 61.4 Å². The Hall–Kier alpha value is -3.32. The molecule has 0 spiro atoms. The molecule has 0 amide bonds. The van der Waals surface area contributed by atoms with Crippen molar-refractivity contribution in [2.24, 2.45) is 0 Å². The Morgan fingerprint density at radius 3 is 2.72 bits per heavy atom. The van der Waals surface area contributed by atoms with Crippen molar-refractivity contribution < 1.29 is 19.0 Å². The number of aliphatic hydroxyl groups is 1. The largest absolute Gasteiger partial charge is 0.458 e. The Balaban J connectivity index is 1.69. The van der Waals surface area contributed by atoms with Crippen molar-refractivity contribution in [2.45, 2.75) is 51.9 Å². The molecule has 3 aromatic rings. The van der Waals surface area contributed by atoms with Gasteiger partial charge in [0.2, 0.25) is 5.60 Å². The predicted molar refractivity (Wildman–Crippen MR) is 116 cm³/mol. The van der Waals surface area contributed by atoms with Crippen LogP contribution < -0.4 is 5.56 Å². The maximum Gasteiger partial charge on any atom is 0.347 e. The van der Waals surface area contributed by atoms with E-state index in [4.69, 9.17) is 9.72 Å². The molecule has 0 unspecified atom stereocenters. The lowest BCUT2D eigenvalue weighted by Gasteiger charge is -2.33. The maximum atomic E-state index is 14.6. The van der Waals surface area contributed by atoms with Gasteiger partial charge < -0.3 is 14.4 Å². The summed E-state index contributed by atoms with van der Waals surface area (Å²) in [5.74, 6) is -1.13. The Bertz CT molecular complexity index is 1490. The molecule has 6 nitrogen and oxygen atoms in total. The van der Waals surface area contributed by atoms with Gasteiger partial charge in [0, 0.05) is 22.6 Å². The zero-order valence-corrected chi connectivity index (χ0v) is 17.8. The molecular weight excluding hydrogens is 411 g/mol. The predicted octanol–water partition coefficient (Wildman–Crippen LogP) is 3.18. The molecule has 0 fully saturated rings. The fourth-order valence-electron chi connectivity index (χ4n) is 5.52. The summed E-state index contributed by atoms with van der Waals surface area (Å²) in [5, 5.41) is 12.2. The Morgan fingerprint density at radius 1 is 1.22 bits per heavy atom. The highest BCUT2D eigenvalue weighted by Crippen LogP contribution is 2.43. The van der Waals surface area contributed by atoms with Gasteiger partial charge in [0.15, 0.2) is 0 Å². The van der Waals surface area contributed by atoms with E-state index in [-0.39, 0.29) is 34.7 Å². The number of benzene rings is 1. The Kier molecular flexibility index (Phi) is 3.71. The number of carbonyl (C=O) groups is 1. The highest BCUT2D eigenvalue weighted by molar-refractivity contribution is 5.93. The first kappa shape index (κ1) is 19.4. The molecule has 162 valence electrons. The van der Waals surface area contributed by atoms with Gasteiger partial charge >= 0.3 is 5.97 Å². The van der Waals surface area contributed by atoms with E-state index >= 15 is 0 Å². The van der Waals surface area contributed by atoms with Crippen molar-refractivity contribution in [1.29, 1.82) is 0 Å². The second kappa shape index (κ2) is 6.13. The van der Waals surface area contributed by atoms with Crippen molar-refractivity contribution in [1.82, 2.24) is 9.55 Å². The number of cyclic esters (lactones) is 1. The van der Waals surface area contributed by atoms with E-state index in [0.717, 1.165) is 41.3 Å². The zero-order chi connectivity index (χ0) is 22.5. The molecule has 4 heterocycles. The molecule has 1 N–H and O–H groups in total. The number of aromatic nitrogens is 2. The number of ether oxygens (including phenoxy) is 1. The summed E-state index contributed by atoms with van der Waals surface area (Å²) in [5.41, 5.74) is 3.61. The van der Waals surface area contributed by atoms with Crippen LogP contribution in [0.25, 0.3) is 22.3 Å². The van der Waals surface area contributed by atoms with Gasteiger partial charge in [-0.25, -0.2) is 14.2 Å². The van der Waals surface area contributed by atoms with Crippen LogP contribution in [0.1, 0.15) is 46.7 Å². The molecule has 1 aromatic carbocycles. The first-order valence-electron chi connectivity index (χ1n) is 10.7. The van der Waals surface area contributed by atoms with E-state index in [1.165, 1.54) is 13.0 Å². The van der Waals surface area contributed by atoms with Crippen LogP contribution in [0.15, 0.2) is 29.1 Å². The number of pyridine rings is 2. The van der Waals surface area contributed by atoms with Crippen LogP contribution in [-0.4, -0.2) is 20.6 Å². The van der Waals surface area contributed by atoms with Crippen molar-refractivity contribution in [2.75, 3.05) is 0 Å². The van der Waals surface area contributed by atoms with Crippen LogP contribution in [0.5, 0.6) is 0 Å². The minimum atomic E-state index is -2.09. The second-order valence-corrected chi connectivity index (χ2v) is 9.01. The van der Waals surface area contributed by atoms with Gasteiger partial charge in [-0.1, -0.05) is 6.58 Å². The third-order valence-electron chi connectivity index (χ3n) is 7.28. The molecule has 0 saturated carbocycles. The van der Waals surface area contributed by atoms with Crippen LogP contribution >= 0.6 is 0 Å².